The molecule has 1 unspecified atom stereocenters. The molecule has 0 radical (unpaired) electrons. The van der Waals surface area contributed by atoms with Crippen LogP contribution in [0.25, 0.3) is 5.57 Å². The summed E-state index contributed by atoms with van der Waals surface area (Å²) in [5, 5.41) is 15.6. The molecule has 1 aliphatic carbocycles. The number of carboxylic acids is 2. The first kappa shape index (κ1) is 24.0. The molecule has 0 spiro atoms. The lowest BCUT2D eigenvalue weighted by Crippen LogP contribution is -2.17. The summed E-state index contributed by atoms with van der Waals surface area (Å²) in [6.07, 6.45) is 2.80. The summed E-state index contributed by atoms with van der Waals surface area (Å²) in [7, 11) is 4.07. The van der Waals surface area contributed by atoms with Gasteiger partial charge in [-0.15, -0.1) is 0 Å². The zero-order chi connectivity index (χ0) is 23.1. The molecule has 0 heterocycles. The minimum Gasteiger partial charge on any atom is -0.478 e. The van der Waals surface area contributed by atoms with Gasteiger partial charge < -0.3 is 15.1 Å². The first-order valence-electron chi connectivity index (χ1n) is 9.64. The van der Waals surface area contributed by atoms with Crippen LogP contribution in [0.15, 0.2) is 55.1 Å². The molecule has 7 heteroatoms. The lowest BCUT2D eigenvalue weighted by molar-refractivity contribution is -0.134. The van der Waals surface area contributed by atoms with E-state index in [1.165, 1.54) is 12.1 Å². The molecule has 1 atom stereocenters. The van der Waals surface area contributed by atoms with E-state index in [9.17, 15) is 18.4 Å². The highest BCUT2D eigenvalue weighted by Crippen LogP contribution is 2.39. The number of carbonyl (C=O) groups is 2. The fourth-order valence-corrected chi connectivity index (χ4v) is 3.51. The first-order chi connectivity index (χ1) is 14.6. The molecular weight excluding hydrogens is 404 g/mol. The summed E-state index contributed by atoms with van der Waals surface area (Å²) < 4.78 is 27.5. The number of nitrogens with zero attached hydrogens (tertiary/aromatic N) is 1. The van der Waals surface area contributed by atoms with Crippen LogP contribution in [-0.2, 0) is 16.0 Å². The molecule has 3 rings (SSSR count). The van der Waals surface area contributed by atoms with Crippen molar-refractivity contribution >= 4 is 17.5 Å². The molecule has 0 amide bonds. The van der Waals surface area contributed by atoms with Crippen LogP contribution in [0.5, 0.6) is 0 Å². The number of carboxylic acid groups (broad SMARTS) is 2. The average molecular weight is 429 g/mol. The van der Waals surface area contributed by atoms with Gasteiger partial charge in [0.25, 0.3) is 0 Å². The molecule has 164 valence electrons. The maximum Gasteiger partial charge on any atom is 0.328 e. The number of aliphatic carboxylic acids is 2. The number of rotatable bonds is 5. The van der Waals surface area contributed by atoms with Crippen LogP contribution in [0, 0.1) is 11.6 Å². The minimum atomic E-state index is -1.26. The largest absolute Gasteiger partial charge is 0.478 e. The van der Waals surface area contributed by atoms with Gasteiger partial charge in [-0.1, -0.05) is 18.7 Å². The Labute approximate surface area is 179 Å². The number of fused-ring (bicyclic) bond motifs is 2. The van der Waals surface area contributed by atoms with Gasteiger partial charge in [0.15, 0.2) is 0 Å². The van der Waals surface area contributed by atoms with Crippen molar-refractivity contribution in [2.24, 2.45) is 0 Å². The molecule has 0 fully saturated rings. The fourth-order valence-electron chi connectivity index (χ4n) is 3.51. The maximum atomic E-state index is 13.8. The topological polar surface area (TPSA) is 77.8 Å². The van der Waals surface area contributed by atoms with Gasteiger partial charge in [-0.2, -0.15) is 0 Å². The Balaban J connectivity index is 0.000000366. The number of halogens is 2. The lowest BCUT2D eigenvalue weighted by atomic mass is 9.88. The predicted molar refractivity (Wildman–Crippen MR) is 115 cm³/mol. The van der Waals surface area contributed by atoms with E-state index >= 15 is 0 Å². The minimum absolute atomic E-state index is 0.229. The quantitative estimate of drug-likeness (QED) is 0.692. The molecule has 2 aromatic carbocycles. The zero-order valence-corrected chi connectivity index (χ0v) is 17.4. The number of hydrogen-bond acceptors (Lipinski definition) is 3. The standard InChI is InChI=1S/C20H21F2N.C4H4O4/c1-13-18-6-4-16(21)11-15(18)10-14(8-9-23(2)3)19-7-5-17(22)12-20(13)19;5-3(6)1-2-4(7)8/h4-7,11-12,14H,1,8-10H2,2-3H3;1-2H,(H,5,6)(H,7,8)/b;2-1-. The van der Waals surface area contributed by atoms with Crippen LogP contribution < -0.4 is 0 Å². The van der Waals surface area contributed by atoms with Crippen molar-refractivity contribution in [1.29, 1.82) is 0 Å². The highest BCUT2D eigenvalue weighted by Gasteiger charge is 2.25. The van der Waals surface area contributed by atoms with E-state index in [1.54, 1.807) is 18.2 Å². The normalized spacial score (nSPS) is 15.0. The Morgan fingerprint density at radius 3 is 2.19 bits per heavy atom. The van der Waals surface area contributed by atoms with Crippen molar-refractivity contribution in [3.63, 3.8) is 0 Å². The Morgan fingerprint density at radius 1 is 1.03 bits per heavy atom. The summed E-state index contributed by atoms with van der Waals surface area (Å²) in [5.74, 6) is -2.78. The predicted octanol–water partition coefficient (Wildman–Crippen LogP) is 4.33. The molecule has 0 aliphatic heterocycles. The molecule has 31 heavy (non-hydrogen) atoms. The third-order valence-electron chi connectivity index (χ3n) is 4.93. The molecule has 0 saturated carbocycles. The summed E-state index contributed by atoms with van der Waals surface area (Å²) in [6, 6.07) is 9.72. The van der Waals surface area contributed by atoms with E-state index in [0.29, 0.717) is 12.2 Å². The fraction of sp³-hybridized carbons (Fsp3) is 0.250. The number of hydrogen-bond donors (Lipinski definition) is 2. The highest BCUT2D eigenvalue weighted by molar-refractivity contribution is 5.89. The van der Waals surface area contributed by atoms with Gasteiger partial charge in [-0.05, 0) is 91.5 Å². The molecule has 1 aliphatic rings. The third-order valence-corrected chi connectivity index (χ3v) is 4.93. The van der Waals surface area contributed by atoms with Crippen molar-refractivity contribution in [2.75, 3.05) is 20.6 Å². The monoisotopic (exact) mass is 429 g/mol. The van der Waals surface area contributed by atoms with E-state index in [4.69, 9.17) is 10.2 Å². The van der Waals surface area contributed by atoms with Crippen LogP contribution >= 0.6 is 0 Å². The Bertz CT molecular complexity index is 999. The molecule has 2 aromatic rings. The summed E-state index contributed by atoms with van der Waals surface area (Å²) in [4.78, 5) is 21.2. The van der Waals surface area contributed by atoms with Gasteiger partial charge in [0.1, 0.15) is 11.6 Å². The second-order valence-corrected chi connectivity index (χ2v) is 7.51. The van der Waals surface area contributed by atoms with E-state index in [-0.39, 0.29) is 17.6 Å². The van der Waals surface area contributed by atoms with Gasteiger partial charge in [0.2, 0.25) is 0 Å². The van der Waals surface area contributed by atoms with Gasteiger partial charge in [0.05, 0.1) is 0 Å². The molecule has 0 aromatic heterocycles. The van der Waals surface area contributed by atoms with Crippen molar-refractivity contribution in [3.8, 4) is 0 Å². The summed E-state index contributed by atoms with van der Waals surface area (Å²) in [6.45, 7) is 5.09. The van der Waals surface area contributed by atoms with Crippen molar-refractivity contribution in [2.45, 2.75) is 18.8 Å². The van der Waals surface area contributed by atoms with Gasteiger partial charge in [0, 0.05) is 12.2 Å². The van der Waals surface area contributed by atoms with Crippen LogP contribution in [0.1, 0.15) is 34.6 Å². The molecule has 5 nitrogen and oxygen atoms in total. The smallest absolute Gasteiger partial charge is 0.328 e. The van der Waals surface area contributed by atoms with Crippen molar-refractivity contribution < 1.29 is 28.6 Å². The number of benzene rings is 2. The molecule has 0 saturated heterocycles. The summed E-state index contributed by atoms with van der Waals surface area (Å²) >= 11 is 0. The second-order valence-electron chi connectivity index (χ2n) is 7.51. The van der Waals surface area contributed by atoms with E-state index in [1.807, 2.05) is 20.2 Å². The molecule has 2 N–H and O–H groups in total. The Morgan fingerprint density at radius 2 is 1.61 bits per heavy atom. The van der Waals surface area contributed by atoms with E-state index in [0.717, 1.165) is 47.2 Å². The van der Waals surface area contributed by atoms with Crippen LogP contribution in [0.4, 0.5) is 8.78 Å². The van der Waals surface area contributed by atoms with Crippen LogP contribution in [0.2, 0.25) is 0 Å². The van der Waals surface area contributed by atoms with Crippen LogP contribution in [0.3, 0.4) is 0 Å². The van der Waals surface area contributed by atoms with E-state index < -0.39 is 11.9 Å². The van der Waals surface area contributed by atoms with Crippen LogP contribution in [-0.4, -0.2) is 47.7 Å². The average Bonchev–Trinajstić information content (AvgIpc) is 2.80. The van der Waals surface area contributed by atoms with Gasteiger partial charge in [-0.3, -0.25) is 0 Å². The summed E-state index contributed by atoms with van der Waals surface area (Å²) in [5.41, 5.74) is 4.61. The van der Waals surface area contributed by atoms with Crippen molar-refractivity contribution in [1.82, 2.24) is 4.90 Å². The van der Waals surface area contributed by atoms with E-state index in [2.05, 4.69) is 11.5 Å². The van der Waals surface area contributed by atoms with Gasteiger partial charge >= 0.3 is 11.9 Å². The second kappa shape index (κ2) is 10.6. The lowest BCUT2D eigenvalue weighted by Gasteiger charge is -2.20. The first-order valence-corrected chi connectivity index (χ1v) is 9.64. The zero-order valence-electron chi connectivity index (χ0n) is 17.4. The molecule has 0 bridgehead atoms. The highest BCUT2D eigenvalue weighted by atomic mass is 19.1. The Hall–Kier alpha value is -3.32. The Kier molecular flexibility index (Phi) is 8.22. The maximum absolute atomic E-state index is 13.8. The molecular formula is C24H25F2NO4. The van der Waals surface area contributed by atoms with Gasteiger partial charge in [-0.25, -0.2) is 18.4 Å². The SMILES string of the molecule is C=C1c2ccc(F)cc2CC(CCN(C)C)c2ccc(F)cc21.O=C(O)/C=C\C(=O)O. The van der Waals surface area contributed by atoms with Crippen molar-refractivity contribution in [3.05, 3.63) is 89.0 Å². The third kappa shape index (κ3) is 6.86.